The molecule has 3 aliphatic rings. The smallest absolute Gasteiger partial charge is 0.243 e. The number of imide groups is 1. The summed E-state index contributed by atoms with van der Waals surface area (Å²) in [5, 5.41) is 3.77. The zero-order valence-electron chi connectivity index (χ0n) is 19.5. The number of hydrogen-bond acceptors (Lipinski definition) is 4. The summed E-state index contributed by atoms with van der Waals surface area (Å²) >= 11 is 6.25. The fraction of sp³-hybridized carbons (Fsp3) is 0.577. The van der Waals surface area contributed by atoms with Crippen LogP contribution in [0.5, 0.6) is 0 Å². The minimum absolute atomic E-state index is 0.00612. The summed E-state index contributed by atoms with van der Waals surface area (Å²) in [6.45, 7) is 6.39. The molecule has 0 spiro atoms. The van der Waals surface area contributed by atoms with Crippen LogP contribution in [0.2, 0.25) is 5.02 Å². The zero-order chi connectivity index (χ0) is 23.5. The molecule has 4 atom stereocenters. The van der Waals surface area contributed by atoms with Crippen molar-refractivity contribution in [2.24, 2.45) is 17.8 Å². The Morgan fingerprint density at radius 3 is 2.30 bits per heavy atom. The molecule has 178 valence electrons. The van der Waals surface area contributed by atoms with Gasteiger partial charge in [-0.25, -0.2) is 0 Å². The van der Waals surface area contributed by atoms with E-state index < -0.39 is 6.04 Å². The van der Waals surface area contributed by atoms with Crippen LogP contribution >= 0.6 is 11.6 Å². The van der Waals surface area contributed by atoms with E-state index in [4.69, 9.17) is 11.6 Å². The Morgan fingerprint density at radius 1 is 1.09 bits per heavy atom. The summed E-state index contributed by atoms with van der Waals surface area (Å²) < 4.78 is 0. The standard InChI is InChI=1S/C26H34ClN3O3/c1-17(2)14-22(30-25(32)20-10-3-4-11-21(20)26(30)33)24(31)28-16-23(29-12-5-6-13-29)18-8-7-9-19(27)15-18/h3-4,7-9,15,17,20-23H,5-6,10-14,16H2,1-2H3,(H,28,31). The summed E-state index contributed by atoms with van der Waals surface area (Å²) in [6.07, 6.45) is 7.82. The number of halogens is 1. The lowest BCUT2D eigenvalue weighted by atomic mass is 9.85. The van der Waals surface area contributed by atoms with E-state index in [-0.39, 0.29) is 41.5 Å². The maximum atomic E-state index is 13.5. The molecule has 1 aromatic rings. The molecule has 33 heavy (non-hydrogen) atoms. The third-order valence-electron chi connectivity index (χ3n) is 7.14. The molecule has 2 saturated heterocycles. The largest absolute Gasteiger partial charge is 0.352 e. The van der Waals surface area contributed by atoms with Gasteiger partial charge in [0.05, 0.1) is 17.9 Å². The number of benzene rings is 1. The monoisotopic (exact) mass is 471 g/mol. The highest BCUT2D eigenvalue weighted by Gasteiger charge is 2.51. The fourth-order valence-corrected chi connectivity index (χ4v) is 5.65. The van der Waals surface area contributed by atoms with Crippen LogP contribution in [-0.4, -0.2) is 53.2 Å². The van der Waals surface area contributed by atoms with Crippen molar-refractivity contribution in [2.45, 2.75) is 58.0 Å². The number of rotatable bonds is 8. The molecule has 2 heterocycles. The highest BCUT2D eigenvalue weighted by Crippen LogP contribution is 2.37. The molecule has 0 aromatic heterocycles. The average molecular weight is 472 g/mol. The Labute approximate surface area is 201 Å². The van der Waals surface area contributed by atoms with E-state index in [1.165, 1.54) is 4.90 Å². The Bertz CT molecular complexity index is 899. The van der Waals surface area contributed by atoms with Crippen molar-refractivity contribution in [1.29, 1.82) is 0 Å². The number of likely N-dealkylation sites (tertiary alicyclic amines) is 2. The van der Waals surface area contributed by atoms with Crippen LogP contribution in [-0.2, 0) is 14.4 Å². The first kappa shape index (κ1) is 24.0. The second-order valence-corrected chi connectivity index (χ2v) is 10.3. The molecule has 4 unspecified atom stereocenters. The van der Waals surface area contributed by atoms with E-state index in [9.17, 15) is 14.4 Å². The number of nitrogens with zero attached hydrogens (tertiary/aromatic N) is 2. The van der Waals surface area contributed by atoms with Crippen molar-refractivity contribution < 1.29 is 14.4 Å². The lowest BCUT2D eigenvalue weighted by Gasteiger charge is -2.31. The van der Waals surface area contributed by atoms with E-state index in [0.29, 0.717) is 30.8 Å². The second kappa shape index (κ2) is 10.4. The number of hydrogen-bond donors (Lipinski definition) is 1. The Balaban J connectivity index is 1.52. The van der Waals surface area contributed by atoms with Gasteiger partial charge in [-0.1, -0.05) is 49.7 Å². The van der Waals surface area contributed by atoms with Gasteiger partial charge in [0.2, 0.25) is 17.7 Å². The summed E-state index contributed by atoms with van der Waals surface area (Å²) in [5.74, 6) is -1.11. The highest BCUT2D eigenvalue weighted by atomic mass is 35.5. The van der Waals surface area contributed by atoms with E-state index in [2.05, 4.69) is 10.2 Å². The number of carbonyl (C=O) groups excluding carboxylic acids is 3. The molecule has 0 radical (unpaired) electrons. The van der Waals surface area contributed by atoms with Crippen molar-refractivity contribution in [3.63, 3.8) is 0 Å². The molecule has 6 nitrogen and oxygen atoms in total. The van der Waals surface area contributed by atoms with Crippen LogP contribution in [0.4, 0.5) is 0 Å². The molecule has 0 bridgehead atoms. The first-order chi connectivity index (χ1) is 15.9. The molecule has 1 N–H and O–H groups in total. The van der Waals surface area contributed by atoms with Crippen LogP contribution in [0.1, 0.15) is 57.6 Å². The lowest BCUT2D eigenvalue weighted by Crippen LogP contribution is -2.51. The van der Waals surface area contributed by atoms with Gasteiger partial charge in [-0.2, -0.15) is 0 Å². The molecule has 0 saturated carbocycles. The van der Waals surface area contributed by atoms with E-state index >= 15 is 0 Å². The molecule has 2 aliphatic heterocycles. The topological polar surface area (TPSA) is 69.7 Å². The fourth-order valence-electron chi connectivity index (χ4n) is 5.45. The summed E-state index contributed by atoms with van der Waals surface area (Å²) in [7, 11) is 0. The van der Waals surface area contributed by atoms with Gasteiger partial charge < -0.3 is 5.32 Å². The third kappa shape index (κ3) is 5.17. The zero-order valence-corrected chi connectivity index (χ0v) is 20.3. The van der Waals surface area contributed by atoms with Crippen LogP contribution in [0, 0.1) is 17.8 Å². The molecule has 3 amide bonds. The van der Waals surface area contributed by atoms with Crippen LogP contribution in [0.3, 0.4) is 0 Å². The van der Waals surface area contributed by atoms with Crippen LogP contribution in [0.25, 0.3) is 0 Å². The molecule has 2 fully saturated rings. The first-order valence-corrected chi connectivity index (χ1v) is 12.5. The highest BCUT2D eigenvalue weighted by molar-refractivity contribution is 6.30. The average Bonchev–Trinajstić information content (AvgIpc) is 3.40. The van der Waals surface area contributed by atoms with Gasteiger partial charge in [-0.05, 0) is 68.8 Å². The number of allylic oxidation sites excluding steroid dienone is 2. The van der Waals surface area contributed by atoms with E-state index in [0.717, 1.165) is 31.5 Å². The Hall–Kier alpha value is -2.18. The lowest BCUT2D eigenvalue weighted by molar-refractivity contribution is -0.148. The van der Waals surface area contributed by atoms with Crippen molar-refractivity contribution in [3.05, 3.63) is 47.0 Å². The van der Waals surface area contributed by atoms with Gasteiger partial charge in [0, 0.05) is 11.6 Å². The maximum absolute atomic E-state index is 13.5. The third-order valence-corrected chi connectivity index (χ3v) is 7.37. The first-order valence-electron chi connectivity index (χ1n) is 12.2. The SMILES string of the molecule is CC(C)CC(C(=O)NCC(c1cccc(Cl)c1)N1CCCC1)N1C(=O)C2CC=CCC2C1=O. The summed E-state index contributed by atoms with van der Waals surface area (Å²) in [4.78, 5) is 43.4. The molecular weight excluding hydrogens is 438 g/mol. The summed E-state index contributed by atoms with van der Waals surface area (Å²) in [6, 6.07) is 7.01. The van der Waals surface area contributed by atoms with Crippen molar-refractivity contribution in [3.8, 4) is 0 Å². The normalized spacial score (nSPS) is 24.9. The molecule has 7 heteroatoms. The molecular formula is C26H34ClN3O3. The number of carbonyl (C=O) groups is 3. The molecule has 4 rings (SSSR count). The van der Waals surface area contributed by atoms with Gasteiger partial charge in [0.15, 0.2) is 0 Å². The van der Waals surface area contributed by atoms with Crippen molar-refractivity contribution in [1.82, 2.24) is 15.1 Å². The quantitative estimate of drug-likeness (QED) is 0.460. The van der Waals surface area contributed by atoms with Crippen molar-refractivity contribution >= 4 is 29.3 Å². The minimum atomic E-state index is -0.769. The Morgan fingerprint density at radius 2 is 1.73 bits per heavy atom. The van der Waals surface area contributed by atoms with E-state index in [1.54, 1.807) is 0 Å². The predicted molar refractivity (Wildman–Crippen MR) is 128 cm³/mol. The minimum Gasteiger partial charge on any atom is -0.352 e. The number of amides is 3. The van der Waals surface area contributed by atoms with Crippen LogP contribution < -0.4 is 5.32 Å². The Kier molecular flexibility index (Phi) is 7.55. The van der Waals surface area contributed by atoms with Crippen LogP contribution in [0.15, 0.2) is 36.4 Å². The summed E-state index contributed by atoms with van der Waals surface area (Å²) in [5.41, 5.74) is 1.07. The number of fused-ring (bicyclic) bond motifs is 1. The van der Waals surface area contributed by atoms with Gasteiger partial charge in [0.1, 0.15) is 6.04 Å². The van der Waals surface area contributed by atoms with Gasteiger partial charge >= 0.3 is 0 Å². The maximum Gasteiger partial charge on any atom is 0.243 e. The molecule has 1 aromatic carbocycles. The van der Waals surface area contributed by atoms with E-state index in [1.807, 2.05) is 50.3 Å². The van der Waals surface area contributed by atoms with Gasteiger partial charge in [-0.15, -0.1) is 0 Å². The van der Waals surface area contributed by atoms with Crippen molar-refractivity contribution in [2.75, 3.05) is 19.6 Å². The van der Waals surface area contributed by atoms with Gasteiger partial charge in [0.25, 0.3) is 0 Å². The van der Waals surface area contributed by atoms with Gasteiger partial charge in [-0.3, -0.25) is 24.2 Å². The molecule has 1 aliphatic carbocycles. The predicted octanol–water partition coefficient (Wildman–Crippen LogP) is 3.96. The second-order valence-electron chi connectivity index (χ2n) is 9.91. The number of nitrogens with one attached hydrogen (secondary N) is 1.